The second-order valence-electron chi connectivity index (χ2n) is 6.10. The third-order valence-electron chi connectivity index (χ3n) is 4.49. The van der Waals surface area contributed by atoms with E-state index in [1.54, 1.807) is 0 Å². The molecule has 0 heterocycles. The second kappa shape index (κ2) is 7.38. The van der Waals surface area contributed by atoms with Gasteiger partial charge in [0, 0.05) is 6.54 Å². The van der Waals surface area contributed by atoms with Crippen LogP contribution in [0.3, 0.4) is 0 Å². The normalized spacial score (nSPS) is 31.4. The van der Waals surface area contributed by atoms with Gasteiger partial charge in [-0.25, -0.2) is 0 Å². The Morgan fingerprint density at radius 2 is 1.90 bits per heavy atom. The SMILES string of the molecule is CCOC(=O)C1CCC(O)(CNOC2CCCC2)CC1. The van der Waals surface area contributed by atoms with Crippen molar-refractivity contribution in [3.05, 3.63) is 0 Å². The van der Waals surface area contributed by atoms with Crippen molar-refractivity contribution in [2.24, 2.45) is 5.92 Å². The molecule has 116 valence electrons. The Balaban J connectivity index is 1.66. The highest BCUT2D eigenvalue weighted by Crippen LogP contribution is 2.32. The minimum atomic E-state index is -0.748. The van der Waals surface area contributed by atoms with Crippen LogP contribution in [-0.4, -0.2) is 35.9 Å². The highest BCUT2D eigenvalue weighted by Gasteiger charge is 2.36. The van der Waals surface area contributed by atoms with E-state index in [1.165, 1.54) is 12.8 Å². The number of carbonyl (C=O) groups is 1. The van der Waals surface area contributed by atoms with E-state index in [4.69, 9.17) is 9.57 Å². The van der Waals surface area contributed by atoms with Crippen LogP contribution in [0, 0.1) is 5.92 Å². The molecule has 0 spiro atoms. The fraction of sp³-hybridized carbons (Fsp3) is 0.933. The molecule has 0 amide bonds. The summed E-state index contributed by atoms with van der Waals surface area (Å²) in [6, 6.07) is 0. The Hall–Kier alpha value is -0.650. The lowest BCUT2D eigenvalue weighted by Crippen LogP contribution is -2.45. The maximum absolute atomic E-state index is 11.7. The number of carbonyl (C=O) groups excluding carboxylic acids is 1. The van der Waals surface area contributed by atoms with Gasteiger partial charge in [-0.2, -0.15) is 5.48 Å². The van der Waals surface area contributed by atoms with Crippen molar-refractivity contribution in [3.63, 3.8) is 0 Å². The first kappa shape index (κ1) is 15.7. The van der Waals surface area contributed by atoms with Crippen LogP contribution in [0.4, 0.5) is 0 Å². The minimum absolute atomic E-state index is 0.0500. The molecule has 5 heteroatoms. The number of hydrogen-bond acceptors (Lipinski definition) is 5. The molecule has 0 saturated heterocycles. The quantitative estimate of drug-likeness (QED) is 0.576. The number of esters is 1. The Kier molecular flexibility index (Phi) is 5.81. The lowest BCUT2D eigenvalue weighted by atomic mass is 9.79. The number of ether oxygens (including phenoxy) is 1. The maximum Gasteiger partial charge on any atom is 0.308 e. The summed E-state index contributed by atoms with van der Waals surface area (Å²) >= 11 is 0. The maximum atomic E-state index is 11.7. The van der Waals surface area contributed by atoms with Crippen LogP contribution >= 0.6 is 0 Å². The predicted octanol–water partition coefficient (Wildman–Crippen LogP) is 1.93. The molecule has 0 radical (unpaired) electrons. The van der Waals surface area contributed by atoms with Gasteiger partial charge in [0.15, 0.2) is 0 Å². The van der Waals surface area contributed by atoms with Gasteiger partial charge in [0.25, 0.3) is 0 Å². The molecule has 5 nitrogen and oxygen atoms in total. The second-order valence-corrected chi connectivity index (χ2v) is 6.10. The number of aliphatic hydroxyl groups is 1. The number of hydrogen-bond donors (Lipinski definition) is 2. The summed E-state index contributed by atoms with van der Waals surface area (Å²) in [6.07, 6.45) is 7.62. The number of hydroxylamine groups is 1. The molecule has 20 heavy (non-hydrogen) atoms. The van der Waals surface area contributed by atoms with E-state index < -0.39 is 5.60 Å². The van der Waals surface area contributed by atoms with Gasteiger partial charge in [0.2, 0.25) is 0 Å². The molecule has 0 bridgehead atoms. The molecule has 2 saturated carbocycles. The average Bonchev–Trinajstić information content (AvgIpc) is 2.93. The molecular weight excluding hydrogens is 258 g/mol. The lowest BCUT2D eigenvalue weighted by molar-refractivity contribution is -0.151. The topological polar surface area (TPSA) is 67.8 Å². The molecule has 0 aromatic heterocycles. The molecule has 2 rings (SSSR count). The summed E-state index contributed by atoms with van der Waals surface area (Å²) < 4.78 is 5.04. The highest BCUT2D eigenvalue weighted by molar-refractivity contribution is 5.72. The van der Waals surface area contributed by atoms with Crippen LogP contribution in [-0.2, 0) is 14.4 Å². The first-order valence-corrected chi connectivity index (χ1v) is 7.90. The monoisotopic (exact) mass is 285 g/mol. The van der Waals surface area contributed by atoms with Crippen LogP contribution in [0.2, 0.25) is 0 Å². The van der Waals surface area contributed by atoms with Gasteiger partial charge < -0.3 is 9.84 Å². The molecule has 0 aromatic carbocycles. The van der Waals surface area contributed by atoms with Crippen LogP contribution in [0.15, 0.2) is 0 Å². The first-order valence-electron chi connectivity index (χ1n) is 7.90. The van der Waals surface area contributed by atoms with Crippen molar-refractivity contribution in [3.8, 4) is 0 Å². The van der Waals surface area contributed by atoms with E-state index in [2.05, 4.69) is 5.48 Å². The number of rotatable bonds is 6. The molecule has 0 aromatic rings. The molecule has 2 aliphatic carbocycles. The fourth-order valence-corrected chi connectivity index (χ4v) is 3.13. The first-order chi connectivity index (χ1) is 9.63. The molecule has 0 unspecified atom stereocenters. The van der Waals surface area contributed by atoms with Gasteiger partial charge in [-0.1, -0.05) is 12.8 Å². The summed E-state index contributed by atoms with van der Waals surface area (Å²) in [6.45, 7) is 2.69. The summed E-state index contributed by atoms with van der Waals surface area (Å²) in [5.41, 5.74) is 2.19. The summed E-state index contributed by atoms with van der Waals surface area (Å²) in [4.78, 5) is 17.2. The fourth-order valence-electron chi connectivity index (χ4n) is 3.13. The third-order valence-corrected chi connectivity index (χ3v) is 4.49. The lowest BCUT2D eigenvalue weighted by Gasteiger charge is -2.35. The highest BCUT2D eigenvalue weighted by atomic mass is 16.7. The summed E-state index contributed by atoms with van der Waals surface area (Å²) in [7, 11) is 0. The van der Waals surface area contributed by atoms with Crippen LogP contribution < -0.4 is 5.48 Å². The predicted molar refractivity (Wildman–Crippen MR) is 74.9 cm³/mol. The Labute approximate surface area is 121 Å². The third kappa shape index (κ3) is 4.43. The van der Waals surface area contributed by atoms with Crippen LogP contribution in [0.5, 0.6) is 0 Å². The molecule has 0 atom stereocenters. The van der Waals surface area contributed by atoms with Crippen LogP contribution in [0.1, 0.15) is 58.3 Å². The molecular formula is C15H27NO4. The Bertz CT molecular complexity index is 307. The van der Waals surface area contributed by atoms with Crippen LogP contribution in [0.25, 0.3) is 0 Å². The number of nitrogens with one attached hydrogen (secondary N) is 1. The van der Waals surface area contributed by atoms with Crippen molar-refractivity contribution in [1.29, 1.82) is 0 Å². The molecule has 2 aliphatic rings. The molecule has 2 fully saturated rings. The van der Waals surface area contributed by atoms with Crippen molar-refractivity contribution >= 4 is 5.97 Å². The summed E-state index contributed by atoms with van der Waals surface area (Å²) in [5.74, 6) is -0.171. The van der Waals surface area contributed by atoms with Gasteiger partial charge >= 0.3 is 5.97 Å². The smallest absolute Gasteiger partial charge is 0.308 e. The van der Waals surface area contributed by atoms with Gasteiger partial charge in [-0.15, -0.1) is 0 Å². The van der Waals surface area contributed by atoms with Crippen molar-refractivity contribution < 1.29 is 19.5 Å². The van der Waals surface area contributed by atoms with E-state index in [0.29, 0.717) is 44.9 Å². The van der Waals surface area contributed by atoms with E-state index in [1.807, 2.05) is 6.92 Å². The zero-order chi connectivity index (χ0) is 14.4. The van der Waals surface area contributed by atoms with E-state index in [0.717, 1.165) is 12.8 Å². The minimum Gasteiger partial charge on any atom is -0.466 e. The zero-order valence-corrected chi connectivity index (χ0v) is 12.4. The van der Waals surface area contributed by atoms with Crippen molar-refractivity contribution in [2.75, 3.05) is 13.2 Å². The summed E-state index contributed by atoms with van der Waals surface area (Å²) in [5, 5.41) is 10.5. The Morgan fingerprint density at radius 1 is 1.25 bits per heavy atom. The Morgan fingerprint density at radius 3 is 2.50 bits per heavy atom. The zero-order valence-electron chi connectivity index (χ0n) is 12.4. The standard InChI is InChI=1S/C15H27NO4/c1-2-19-14(17)12-7-9-15(18,10-8-12)11-16-20-13-5-3-4-6-13/h12-13,16,18H,2-11H2,1H3. The van der Waals surface area contributed by atoms with Gasteiger partial charge in [0.05, 0.1) is 24.2 Å². The van der Waals surface area contributed by atoms with Gasteiger partial charge in [-0.05, 0) is 45.4 Å². The molecule has 2 N–H and O–H groups in total. The molecule has 0 aliphatic heterocycles. The average molecular weight is 285 g/mol. The van der Waals surface area contributed by atoms with E-state index >= 15 is 0 Å². The van der Waals surface area contributed by atoms with Crippen molar-refractivity contribution in [2.45, 2.75) is 70.0 Å². The van der Waals surface area contributed by atoms with Gasteiger partial charge in [0.1, 0.15) is 0 Å². The van der Waals surface area contributed by atoms with Crippen molar-refractivity contribution in [1.82, 2.24) is 5.48 Å². The largest absolute Gasteiger partial charge is 0.466 e. The van der Waals surface area contributed by atoms with Gasteiger partial charge in [-0.3, -0.25) is 9.63 Å². The van der Waals surface area contributed by atoms with E-state index in [-0.39, 0.29) is 11.9 Å². The van der Waals surface area contributed by atoms with E-state index in [9.17, 15) is 9.90 Å².